The summed E-state index contributed by atoms with van der Waals surface area (Å²) in [5.74, 6) is -0.0388. The Hall–Kier alpha value is -3.04. The maximum Gasteiger partial charge on any atom is 0.259 e. The zero-order chi connectivity index (χ0) is 26.0. The van der Waals surface area contributed by atoms with E-state index in [1.54, 1.807) is 52.0 Å². The quantitative estimate of drug-likeness (QED) is 0.244. The van der Waals surface area contributed by atoms with Crippen LogP contribution in [0.4, 0.5) is 11.4 Å². The third kappa shape index (κ3) is 7.73. The number of amides is 1. The largest absolute Gasteiger partial charge is 0.491 e. The number of anilines is 1. The number of halogens is 2. The van der Waals surface area contributed by atoms with Crippen LogP contribution in [0.25, 0.3) is 0 Å². The number of ketones is 1. The molecule has 2 aromatic carbocycles. The highest BCUT2D eigenvalue weighted by molar-refractivity contribution is 6.31. The smallest absolute Gasteiger partial charge is 0.259 e. The maximum atomic E-state index is 13.1. The van der Waals surface area contributed by atoms with Crippen molar-refractivity contribution in [1.82, 2.24) is 0 Å². The van der Waals surface area contributed by atoms with Gasteiger partial charge in [-0.1, -0.05) is 23.2 Å². The number of nitrogens with one attached hydrogen (secondary N) is 1. The van der Waals surface area contributed by atoms with Gasteiger partial charge in [0.15, 0.2) is 23.0 Å². The normalized spacial score (nSPS) is 11.7. The van der Waals surface area contributed by atoms with Crippen LogP contribution in [0.5, 0.6) is 23.0 Å². The summed E-state index contributed by atoms with van der Waals surface area (Å²) in [4.78, 5) is 25.5. The van der Waals surface area contributed by atoms with E-state index in [0.29, 0.717) is 59.5 Å². The molecular formula is C24H29Cl2N3O6. The SMILES string of the molecule is CCOc1cc(Cl)cc(OCC)c1N=NC(C(C)=O)C(=O)Nc1c(OCC)cc(Cl)cc1OCC. The number of benzene rings is 2. The Labute approximate surface area is 214 Å². The number of azo groups is 1. The molecule has 0 heterocycles. The maximum absolute atomic E-state index is 13.1. The molecule has 1 unspecified atom stereocenters. The van der Waals surface area contributed by atoms with Crippen molar-refractivity contribution >= 4 is 46.3 Å². The van der Waals surface area contributed by atoms with Gasteiger partial charge in [0.2, 0.25) is 6.04 Å². The standard InChI is InChI=1S/C24H29Cl2N3O6/c1-6-32-17-10-15(25)11-18(33-7-2)22(17)27-24(31)21(14(5)30)28-29-23-19(34-8-3)12-16(26)13-20(23)35-9-4/h10-13,21H,6-9H2,1-5H3,(H,27,31). The second kappa shape index (κ2) is 13.7. The van der Waals surface area contributed by atoms with Crippen molar-refractivity contribution in [2.45, 2.75) is 40.7 Å². The van der Waals surface area contributed by atoms with Crippen LogP contribution >= 0.6 is 23.2 Å². The van der Waals surface area contributed by atoms with Crippen LogP contribution in [0.2, 0.25) is 10.0 Å². The number of nitrogens with zero attached hydrogens (tertiary/aromatic N) is 2. The molecule has 0 saturated heterocycles. The average Bonchev–Trinajstić information content (AvgIpc) is 2.78. The lowest BCUT2D eigenvalue weighted by molar-refractivity contribution is -0.126. The van der Waals surface area contributed by atoms with E-state index in [2.05, 4.69) is 15.5 Å². The first-order valence-electron chi connectivity index (χ1n) is 11.2. The van der Waals surface area contributed by atoms with Gasteiger partial charge in [-0.05, 0) is 34.6 Å². The van der Waals surface area contributed by atoms with E-state index in [-0.39, 0.29) is 11.4 Å². The molecule has 0 aliphatic rings. The van der Waals surface area contributed by atoms with E-state index < -0.39 is 17.7 Å². The Balaban J connectivity index is 2.46. The molecule has 2 aromatic rings. The lowest BCUT2D eigenvalue weighted by Gasteiger charge is -2.18. The zero-order valence-electron chi connectivity index (χ0n) is 20.3. The minimum absolute atomic E-state index is 0.216. The molecule has 35 heavy (non-hydrogen) atoms. The van der Waals surface area contributed by atoms with E-state index in [1.807, 2.05) is 0 Å². The molecule has 190 valence electrons. The third-order valence-electron chi connectivity index (χ3n) is 4.39. The van der Waals surface area contributed by atoms with Crippen LogP contribution in [0, 0.1) is 0 Å². The third-order valence-corrected chi connectivity index (χ3v) is 4.83. The van der Waals surface area contributed by atoms with E-state index >= 15 is 0 Å². The van der Waals surface area contributed by atoms with Crippen molar-refractivity contribution in [3.05, 3.63) is 34.3 Å². The van der Waals surface area contributed by atoms with Gasteiger partial charge in [-0.15, -0.1) is 5.11 Å². The van der Waals surface area contributed by atoms with Crippen LogP contribution < -0.4 is 24.3 Å². The van der Waals surface area contributed by atoms with Crippen LogP contribution in [0.3, 0.4) is 0 Å². The first-order chi connectivity index (χ1) is 16.7. The Morgan fingerprint density at radius 2 is 1.20 bits per heavy atom. The second-order valence-corrected chi connectivity index (χ2v) is 7.85. The van der Waals surface area contributed by atoms with Crippen molar-refractivity contribution in [3.8, 4) is 23.0 Å². The predicted molar refractivity (Wildman–Crippen MR) is 135 cm³/mol. The fourth-order valence-corrected chi connectivity index (χ4v) is 3.42. The van der Waals surface area contributed by atoms with Crippen LogP contribution in [0.1, 0.15) is 34.6 Å². The lowest BCUT2D eigenvalue weighted by atomic mass is 10.2. The zero-order valence-corrected chi connectivity index (χ0v) is 21.8. The van der Waals surface area contributed by atoms with Gasteiger partial charge < -0.3 is 24.3 Å². The molecule has 0 bridgehead atoms. The first kappa shape index (κ1) is 28.2. The number of hydrogen-bond acceptors (Lipinski definition) is 8. The molecule has 0 aliphatic heterocycles. The summed E-state index contributed by atoms with van der Waals surface area (Å²) >= 11 is 12.3. The summed E-state index contributed by atoms with van der Waals surface area (Å²) in [5.41, 5.74) is 0.453. The number of Topliss-reactive ketones (excluding diaryl/α,β-unsaturated/α-hetero) is 1. The van der Waals surface area contributed by atoms with Gasteiger partial charge in [0, 0.05) is 34.3 Å². The molecule has 1 N–H and O–H groups in total. The molecule has 0 radical (unpaired) electrons. The van der Waals surface area contributed by atoms with Crippen LogP contribution in [-0.4, -0.2) is 44.2 Å². The van der Waals surface area contributed by atoms with Gasteiger partial charge in [0.25, 0.3) is 5.91 Å². The minimum Gasteiger partial charge on any atom is -0.491 e. The Kier molecular flexibility index (Phi) is 11.1. The summed E-state index contributed by atoms with van der Waals surface area (Å²) in [6, 6.07) is 4.74. The first-order valence-corrected chi connectivity index (χ1v) is 11.9. The molecular weight excluding hydrogens is 497 g/mol. The molecule has 0 saturated carbocycles. The van der Waals surface area contributed by atoms with Gasteiger partial charge in [-0.25, -0.2) is 0 Å². The van der Waals surface area contributed by atoms with Gasteiger partial charge in [-0.2, -0.15) is 5.11 Å². The molecule has 0 spiro atoms. The number of rotatable bonds is 13. The fraction of sp³-hybridized carbons (Fsp3) is 0.417. The Morgan fingerprint density at radius 3 is 1.60 bits per heavy atom. The molecule has 11 heteroatoms. The molecule has 0 aliphatic carbocycles. The Morgan fingerprint density at radius 1 is 0.800 bits per heavy atom. The van der Waals surface area contributed by atoms with Gasteiger partial charge in [0.1, 0.15) is 17.2 Å². The second-order valence-electron chi connectivity index (χ2n) is 6.98. The fourth-order valence-electron chi connectivity index (χ4n) is 3.03. The molecule has 1 atom stereocenters. The Bertz CT molecular complexity index is 1020. The van der Waals surface area contributed by atoms with Gasteiger partial charge in [0.05, 0.1) is 26.4 Å². The van der Waals surface area contributed by atoms with E-state index in [4.69, 9.17) is 42.1 Å². The predicted octanol–water partition coefficient (Wildman–Crippen LogP) is 6.27. The van der Waals surface area contributed by atoms with Gasteiger partial charge in [-0.3, -0.25) is 9.59 Å². The van der Waals surface area contributed by atoms with E-state index in [0.717, 1.165) is 0 Å². The van der Waals surface area contributed by atoms with Crippen LogP contribution in [0.15, 0.2) is 34.5 Å². The number of carbonyl (C=O) groups excluding carboxylic acids is 2. The molecule has 9 nitrogen and oxygen atoms in total. The van der Waals surface area contributed by atoms with Crippen molar-refractivity contribution in [1.29, 1.82) is 0 Å². The lowest BCUT2D eigenvalue weighted by Crippen LogP contribution is -2.32. The highest BCUT2D eigenvalue weighted by Crippen LogP contribution is 2.41. The van der Waals surface area contributed by atoms with Gasteiger partial charge >= 0.3 is 0 Å². The number of ether oxygens (including phenoxy) is 4. The summed E-state index contributed by atoms with van der Waals surface area (Å²) in [6.07, 6.45) is 0. The van der Waals surface area contributed by atoms with Crippen molar-refractivity contribution in [2.24, 2.45) is 10.2 Å². The summed E-state index contributed by atoms with van der Waals surface area (Å²) in [7, 11) is 0. The van der Waals surface area contributed by atoms with E-state index in [9.17, 15) is 9.59 Å². The molecule has 0 fully saturated rings. The summed E-state index contributed by atoms with van der Waals surface area (Å²) in [5, 5.41) is 11.6. The highest BCUT2D eigenvalue weighted by atomic mass is 35.5. The van der Waals surface area contributed by atoms with E-state index in [1.165, 1.54) is 6.92 Å². The minimum atomic E-state index is -1.46. The summed E-state index contributed by atoms with van der Waals surface area (Å²) < 4.78 is 22.4. The topological polar surface area (TPSA) is 108 Å². The van der Waals surface area contributed by atoms with Crippen molar-refractivity contribution in [2.75, 3.05) is 31.7 Å². The molecule has 2 rings (SSSR count). The average molecular weight is 526 g/mol. The number of hydrogen-bond donors (Lipinski definition) is 1. The molecule has 1 amide bonds. The highest BCUT2D eigenvalue weighted by Gasteiger charge is 2.27. The molecule has 0 aromatic heterocycles. The monoisotopic (exact) mass is 525 g/mol. The number of carbonyl (C=O) groups is 2. The van der Waals surface area contributed by atoms with Crippen LogP contribution in [-0.2, 0) is 9.59 Å². The van der Waals surface area contributed by atoms with Crippen molar-refractivity contribution < 1.29 is 28.5 Å². The summed E-state index contributed by atoms with van der Waals surface area (Å²) in [6.45, 7) is 9.73. The van der Waals surface area contributed by atoms with Crippen molar-refractivity contribution in [3.63, 3.8) is 0 Å².